The highest BCUT2D eigenvalue weighted by Crippen LogP contribution is 2.32. The Morgan fingerprint density at radius 3 is 2.38 bits per heavy atom. The Hall–Kier alpha value is -1.23. The summed E-state index contributed by atoms with van der Waals surface area (Å²) in [5.41, 5.74) is -1.03. The van der Waals surface area contributed by atoms with E-state index in [1.807, 2.05) is 0 Å². The summed E-state index contributed by atoms with van der Waals surface area (Å²) in [6.45, 7) is 6.73. The van der Waals surface area contributed by atoms with E-state index in [-0.39, 0.29) is 5.56 Å². The van der Waals surface area contributed by atoms with Crippen molar-refractivity contribution in [3.8, 4) is 6.07 Å². The minimum atomic E-state index is -3.90. The van der Waals surface area contributed by atoms with Crippen LogP contribution in [0.5, 0.6) is 0 Å². The maximum absolute atomic E-state index is 14.2. The second-order valence-corrected chi connectivity index (χ2v) is 7.61. The predicted octanol–water partition coefficient (Wildman–Crippen LogP) is 3.55. The van der Waals surface area contributed by atoms with Crippen LogP contribution in [-0.4, -0.2) is 9.30 Å². The van der Waals surface area contributed by atoms with Crippen LogP contribution in [0.25, 0.3) is 0 Å². The zero-order valence-electron chi connectivity index (χ0n) is 12.2. The van der Waals surface area contributed by atoms with Gasteiger partial charge < -0.3 is 4.55 Å². The van der Waals surface area contributed by atoms with Gasteiger partial charge >= 0.3 is 5.92 Å². The summed E-state index contributed by atoms with van der Waals surface area (Å²) in [4.78, 5) is 0. The summed E-state index contributed by atoms with van der Waals surface area (Å²) in [7, 11) is 0. The summed E-state index contributed by atoms with van der Waals surface area (Å²) >= 11 is -1.47. The minimum absolute atomic E-state index is 0.0555. The van der Waals surface area contributed by atoms with Crippen molar-refractivity contribution in [1.29, 1.82) is 5.26 Å². The molecular weight excluding hydrogens is 301 g/mol. The van der Waals surface area contributed by atoms with Crippen molar-refractivity contribution in [3.63, 3.8) is 0 Å². The van der Waals surface area contributed by atoms with Crippen molar-refractivity contribution in [2.75, 3.05) is 0 Å². The largest absolute Gasteiger partial charge is 0.598 e. The molecule has 2 atom stereocenters. The number of nitrogens with zero attached hydrogens (tertiary/aromatic N) is 1. The van der Waals surface area contributed by atoms with Crippen LogP contribution in [0.15, 0.2) is 18.2 Å². The summed E-state index contributed by atoms with van der Waals surface area (Å²) in [6.07, 6.45) is 0. The normalized spacial score (nSPS) is 15.4. The lowest BCUT2D eigenvalue weighted by Crippen LogP contribution is -2.40. The van der Waals surface area contributed by atoms with Gasteiger partial charge in [0.05, 0.1) is 11.6 Å². The maximum Gasteiger partial charge on any atom is 0.360 e. The van der Waals surface area contributed by atoms with E-state index in [0.29, 0.717) is 0 Å². The molecule has 0 bridgehead atoms. The Labute approximate surface area is 125 Å². The average molecular weight is 318 g/mol. The third-order valence-electron chi connectivity index (χ3n) is 2.81. The fourth-order valence-corrected chi connectivity index (χ4v) is 2.39. The van der Waals surface area contributed by atoms with Crippen LogP contribution in [0.1, 0.15) is 44.9 Å². The molecule has 0 saturated carbocycles. The summed E-state index contributed by atoms with van der Waals surface area (Å²) in [5, 5.41) is 8.42. The fourth-order valence-electron chi connectivity index (χ4n) is 1.59. The van der Waals surface area contributed by atoms with Crippen LogP contribution in [0, 0.1) is 17.1 Å². The molecule has 7 heteroatoms. The lowest BCUT2D eigenvalue weighted by atomic mass is 10.0. The van der Waals surface area contributed by atoms with E-state index >= 15 is 0 Å². The van der Waals surface area contributed by atoms with Gasteiger partial charge in [-0.3, -0.25) is 0 Å². The van der Waals surface area contributed by atoms with Crippen LogP contribution < -0.4 is 4.72 Å². The standard InChI is InChI=1S/C14H17F3N2OS/c1-9(19-21(20)13(2,3)4)10-6-5-7-11(12(10)15)14(16,17)8-18/h5-7,9,19H,1-4H3/t9-,21?/m1/s1. The van der Waals surface area contributed by atoms with Gasteiger partial charge in [0, 0.05) is 16.9 Å². The van der Waals surface area contributed by atoms with E-state index < -0.39 is 39.5 Å². The Morgan fingerprint density at radius 1 is 1.33 bits per heavy atom. The first-order valence-corrected chi connectivity index (χ1v) is 7.41. The van der Waals surface area contributed by atoms with Crippen molar-refractivity contribution < 1.29 is 17.7 Å². The third-order valence-corrected chi connectivity index (χ3v) is 4.49. The van der Waals surface area contributed by atoms with Crippen molar-refractivity contribution in [2.24, 2.45) is 0 Å². The molecule has 1 aromatic rings. The van der Waals surface area contributed by atoms with Crippen LogP contribution in [0.4, 0.5) is 13.2 Å². The van der Waals surface area contributed by atoms with Gasteiger partial charge in [-0.15, -0.1) is 4.72 Å². The molecule has 0 radical (unpaired) electrons. The van der Waals surface area contributed by atoms with Crippen molar-refractivity contribution in [1.82, 2.24) is 4.72 Å². The van der Waals surface area contributed by atoms with E-state index in [0.717, 1.165) is 12.1 Å². The van der Waals surface area contributed by atoms with Crippen LogP contribution >= 0.6 is 0 Å². The van der Waals surface area contributed by atoms with Crippen LogP contribution in [-0.2, 0) is 17.3 Å². The molecule has 21 heavy (non-hydrogen) atoms. The fraction of sp³-hybridized carbons (Fsp3) is 0.500. The summed E-state index contributed by atoms with van der Waals surface area (Å²) < 4.78 is 55.0. The van der Waals surface area contributed by atoms with E-state index in [1.54, 1.807) is 20.8 Å². The predicted molar refractivity (Wildman–Crippen MR) is 75.4 cm³/mol. The second-order valence-electron chi connectivity index (χ2n) is 5.62. The molecule has 1 unspecified atom stereocenters. The molecule has 0 spiro atoms. The lowest BCUT2D eigenvalue weighted by Gasteiger charge is -2.27. The van der Waals surface area contributed by atoms with Gasteiger partial charge in [0.1, 0.15) is 16.6 Å². The van der Waals surface area contributed by atoms with Crippen molar-refractivity contribution in [2.45, 2.75) is 44.4 Å². The number of rotatable bonds is 4. The smallest absolute Gasteiger partial charge is 0.360 e. The third kappa shape index (κ3) is 4.13. The molecule has 1 N–H and O–H groups in total. The van der Waals surface area contributed by atoms with E-state index in [2.05, 4.69) is 4.72 Å². The molecule has 0 saturated heterocycles. The van der Waals surface area contributed by atoms with Crippen LogP contribution in [0.2, 0.25) is 0 Å². The SMILES string of the molecule is C[C@@H](N[S+]([O-])C(C)(C)C)c1cccc(C(F)(F)C#N)c1F. The van der Waals surface area contributed by atoms with Crippen molar-refractivity contribution in [3.05, 3.63) is 35.1 Å². The van der Waals surface area contributed by atoms with Gasteiger partial charge in [0.15, 0.2) is 0 Å². The first kappa shape index (κ1) is 17.8. The number of halogens is 3. The van der Waals surface area contributed by atoms with E-state index in [1.165, 1.54) is 19.1 Å². The Morgan fingerprint density at radius 2 is 1.90 bits per heavy atom. The molecule has 0 aliphatic heterocycles. The van der Waals surface area contributed by atoms with Gasteiger partial charge in [-0.05, 0) is 33.8 Å². The molecule has 0 amide bonds. The molecule has 0 heterocycles. The Bertz CT molecular complexity index is 552. The van der Waals surface area contributed by atoms with Gasteiger partial charge in [-0.25, -0.2) is 4.39 Å². The Kier molecular flexibility index (Phi) is 5.31. The highest BCUT2D eigenvalue weighted by Gasteiger charge is 2.36. The van der Waals surface area contributed by atoms with Gasteiger partial charge in [0.25, 0.3) is 0 Å². The average Bonchev–Trinajstić information content (AvgIpc) is 2.37. The zero-order chi connectivity index (χ0) is 16.4. The van der Waals surface area contributed by atoms with Crippen molar-refractivity contribution >= 4 is 11.4 Å². The Balaban J connectivity index is 3.11. The van der Waals surface area contributed by atoms with E-state index in [4.69, 9.17) is 5.26 Å². The molecule has 116 valence electrons. The number of alkyl halides is 2. The summed E-state index contributed by atoms with van der Waals surface area (Å²) in [5.74, 6) is -5.06. The minimum Gasteiger partial charge on any atom is -0.598 e. The molecule has 0 aromatic heterocycles. The number of hydrogen-bond donors (Lipinski definition) is 1. The second kappa shape index (κ2) is 6.26. The number of benzene rings is 1. The molecule has 1 aromatic carbocycles. The molecule has 0 aliphatic rings. The number of hydrogen-bond acceptors (Lipinski definition) is 3. The molecular formula is C14H17F3N2OS. The first-order valence-electron chi connectivity index (χ1n) is 6.26. The monoisotopic (exact) mass is 318 g/mol. The molecule has 1 rings (SSSR count). The first-order chi connectivity index (χ1) is 9.50. The van der Waals surface area contributed by atoms with Gasteiger partial charge in [-0.1, -0.05) is 12.1 Å². The van der Waals surface area contributed by atoms with Gasteiger partial charge in [0.2, 0.25) is 0 Å². The molecule has 0 fully saturated rings. The van der Waals surface area contributed by atoms with E-state index in [9.17, 15) is 17.7 Å². The zero-order valence-corrected chi connectivity index (χ0v) is 13.0. The highest BCUT2D eigenvalue weighted by molar-refractivity contribution is 7.90. The summed E-state index contributed by atoms with van der Waals surface area (Å²) in [6, 6.07) is 3.48. The number of nitriles is 1. The molecule has 3 nitrogen and oxygen atoms in total. The van der Waals surface area contributed by atoms with Crippen LogP contribution in [0.3, 0.4) is 0 Å². The van der Waals surface area contributed by atoms with Gasteiger partial charge in [-0.2, -0.15) is 14.0 Å². The quantitative estimate of drug-likeness (QED) is 0.864. The topological polar surface area (TPSA) is 58.9 Å². The maximum atomic E-state index is 14.2. The number of nitrogens with one attached hydrogen (secondary N) is 1. The highest BCUT2D eigenvalue weighted by atomic mass is 32.2. The molecule has 0 aliphatic carbocycles. The lowest BCUT2D eigenvalue weighted by molar-refractivity contribution is 0.0569.